The van der Waals surface area contributed by atoms with E-state index in [0.29, 0.717) is 19.5 Å². The van der Waals surface area contributed by atoms with Crippen molar-refractivity contribution in [1.82, 2.24) is 14.9 Å². The van der Waals surface area contributed by atoms with Crippen molar-refractivity contribution >= 4 is 17.5 Å². The fourth-order valence-electron chi connectivity index (χ4n) is 3.79. The van der Waals surface area contributed by atoms with E-state index in [9.17, 15) is 14.4 Å². The van der Waals surface area contributed by atoms with Crippen molar-refractivity contribution in [1.29, 1.82) is 0 Å². The number of carbonyl (C=O) groups excluding carboxylic acids is 1. The van der Waals surface area contributed by atoms with Crippen molar-refractivity contribution in [2.24, 2.45) is 0 Å². The molecule has 2 aromatic rings. The predicted octanol–water partition coefficient (Wildman–Crippen LogP) is 2.98. The van der Waals surface area contributed by atoms with Crippen molar-refractivity contribution in [3.63, 3.8) is 0 Å². The molecule has 0 saturated heterocycles. The Balaban J connectivity index is 1.97. The minimum absolute atomic E-state index is 0.0122. The molecule has 0 unspecified atom stereocenters. The Bertz CT molecular complexity index is 1040. The van der Waals surface area contributed by atoms with Gasteiger partial charge in [-0.2, -0.15) is 0 Å². The van der Waals surface area contributed by atoms with Gasteiger partial charge >= 0.3 is 11.7 Å². The monoisotopic (exact) mass is 425 g/mol. The van der Waals surface area contributed by atoms with Gasteiger partial charge in [-0.05, 0) is 44.1 Å². The normalized spacial score (nSPS) is 13.5. The van der Waals surface area contributed by atoms with Crippen molar-refractivity contribution in [3.05, 3.63) is 68.4 Å². The predicted molar refractivity (Wildman–Crippen MR) is 123 cm³/mol. The highest BCUT2D eigenvalue weighted by Crippen LogP contribution is 2.23. The van der Waals surface area contributed by atoms with Crippen LogP contribution >= 0.6 is 0 Å². The number of H-pyrrole nitrogens is 1. The van der Waals surface area contributed by atoms with E-state index >= 15 is 0 Å². The van der Waals surface area contributed by atoms with Crippen LogP contribution in [-0.2, 0) is 6.54 Å². The molecule has 8 heteroatoms. The Morgan fingerprint density at radius 1 is 1.23 bits per heavy atom. The number of amides is 2. The molecule has 166 valence electrons. The van der Waals surface area contributed by atoms with E-state index in [2.05, 4.69) is 16.4 Å². The van der Waals surface area contributed by atoms with E-state index in [-0.39, 0.29) is 24.1 Å². The number of nitrogens with one attached hydrogen (secondary N) is 2. The van der Waals surface area contributed by atoms with Gasteiger partial charge in [0, 0.05) is 13.1 Å². The van der Waals surface area contributed by atoms with Crippen molar-refractivity contribution in [2.75, 3.05) is 23.7 Å². The molecular formula is C23H31N5O3. The Morgan fingerprint density at radius 3 is 2.68 bits per heavy atom. The number of benzene rings is 1. The maximum atomic E-state index is 12.9. The second kappa shape index (κ2) is 10.7. The fourth-order valence-corrected chi connectivity index (χ4v) is 3.79. The van der Waals surface area contributed by atoms with Crippen LogP contribution in [0.3, 0.4) is 0 Å². The lowest BCUT2D eigenvalue weighted by Crippen LogP contribution is -2.46. The van der Waals surface area contributed by atoms with E-state index in [1.807, 2.05) is 37.3 Å². The van der Waals surface area contributed by atoms with Crippen LogP contribution in [0.5, 0.6) is 0 Å². The number of allylic oxidation sites excluding steroid dienone is 1. The summed E-state index contributed by atoms with van der Waals surface area (Å²) in [6, 6.07) is 8.97. The molecular weight excluding hydrogens is 394 g/mol. The first-order valence-corrected chi connectivity index (χ1v) is 10.9. The Morgan fingerprint density at radius 2 is 2.00 bits per heavy atom. The number of hydrogen-bond acceptors (Lipinski definition) is 4. The molecule has 1 heterocycles. The van der Waals surface area contributed by atoms with Gasteiger partial charge in [0.05, 0.1) is 6.54 Å². The minimum atomic E-state index is -0.656. The molecule has 0 aliphatic heterocycles. The second-order valence-corrected chi connectivity index (χ2v) is 7.81. The van der Waals surface area contributed by atoms with Gasteiger partial charge in [0.25, 0.3) is 5.56 Å². The zero-order valence-electron chi connectivity index (χ0n) is 18.0. The third-order valence-corrected chi connectivity index (χ3v) is 5.48. The summed E-state index contributed by atoms with van der Waals surface area (Å²) < 4.78 is 1.30. The molecule has 0 radical (unpaired) electrons. The van der Waals surface area contributed by atoms with E-state index in [1.54, 1.807) is 0 Å². The summed E-state index contributed by atoms with van der Waals surface area (Å²) in [5, 5.41) is 2.83. The zero-order valence-corrected chi connectivity index (χ0v) is 18.0. The summed E-state index contributed by atoms with van der Waals surface area (Å²) in [6.45, 7) is 2.96. The van der Waals surface area contributed by atoms with Gasteiger partial charge in [0.15, 0.2) is 5.69 Å². The van der Waals surface area contributed by atoms with Crippen LogP contribution < -0.4 is 27.2 Å². The van der Waals surface area contributed by atoms with Gasteiger partial charge in [-0.15, -0.1) is 0 Å². The summed E-state index contributed by atoms with van der Waals surface area (Å²) >= 11 is 0. The molecule has 0 fully saturated rings. The number of nitrogens with two attached hydrogens (primary N) is 1. The molecule has 0 bridgehead atoms. The lowest BCUT2D eigenvalue weighted by atomic mass is 9.97. The molecule has 1 aromatic heterocycles. The number of nitrogens with zero attached hydrogens (tertiary/aromatic N) is 2. The number of carbonyl (C=O) groups is 1. The van der Waals surface area contributed by atoms with Crippen LogP contribution in [0.2, 0.25) is 0 Å². The van der Waals surface area contributed by atoms with Gasteiger partial charge in [0.2, 0.25) is 0 Å². The molecule has 0 saturated carbocycles. The average molecular weight is 426 g/mol. The molecule has 1 aliphatic rings. The van der Waals surface area contributed by atoms with Gasteiger partial charge < -0.3 is 11.1 Å². The minimum Gasteiger partial charge on any atom is -0.383 e. The Hall–Kier alpha value is -3.29. The summed E-state index contributed by atoms with van der Waals surface area (Å²) in [7, 11) is 0. The topological polar surface area (TPSA) is 113 Å². The molecule has 8 nitrogen and oxygen atoms in total. The fraction of sp³-hybridized carbons (Fsp3) is 0.435. The standard InChI is InChI=1S/C23H31N5O3/c1-2-14-25-22(30)27(15-13-17-9-5-3-6-10-17)19-20(24)28(23(31)26-21(19)29)16-18-11-7-4-8-12-18/h4,7-9,11-12H,2-3,5-6,10,13-16,24H2,1H3,(H,25,30)(H,26,29,31). The van der Waals surface area contributed by atoms with Crippen molar-refractivity contribution in [3.8, 4) is 0 Å². The van der Waals surface area contributed by atoms with Crippen molar-refractivity contribution < 1.29 is 4.79 Å². The molecule has 0 spiro atoms. The van der Waals surface area contributed by atoms with E-state index in [4.69, 9.17) is 5.73 Å². The number of anilines is 2. The maximum Gasteiger partial charge on any atom is 0.330 e. The first-order chi connectivity index (χ1) is 15.0. The highest BCUT2D eigenvalue weighted by molar-refractivity contribution is 5.94. The number of nitrogen functional groups attached to an aromatic ring is 1. The van der Waals surface area contributed by atoms with Crippen LogP contribution in [-0.4, -0.2) is 28.7 Å². The molecule has 1 aromatic carbocycles. The Labute approximate surface area is 181 Å². The Kier molecular flexibility index (Phi) is 7.70. The number of rotatable bonds is 8. The van der Waals surface area contributed by atoms with Crippen molar-refractivity contribution in [2.45, 2.75) is 52.0 Å². The van der Waals surface area contributed by atoms with Crippen LogP contribution in [0, 0.1) is 0 Å². The highest BCUT2D eigenvalue weighted by atomic mass is 16.2. The van der Waals surface area contributed by atoms with Crippen LogP contribution in [0.15, 0.2) is 51.6 Å². The van der Waals surface area contributed by atoms with Gasteiger partial charge in [-0.3, -0.25) is 19.2 Å². The lowest BCUT2D eigenvalue weighted by molar-refractivity contribution is 0.246. The molecule has 2 amide bonds. The molecule has 4 N–H and O–H groups in total. The first kappa shape index (κ1) is 22.4. The van der Waals surface area contributed by atoms with Crippen LogP contribution in [0.4, 0.5) is 16.3 Å². The third kappa shape index (κ3) is 5.65. The molecule has 31 heavy (non-hydrogen) atoms. The smallest absolute Gasteiger partial charge is 0.330 e. The SMILES string of the molecule is CCCNC(=O)N(CCC1=CCCCC1)c1c(N)n(Cc2ccccc2)c(=O)[nH]c1=O. The number of aromatic amines is 1. The van der Waals surface area contributed by atoms with E-state index in [0.717, 1.165) is 31.2 Å². The number of aromatic nitrogens is 2. The summed E-state index contributed by atoms with van der Waals surface area (Å²) in [5.41, 5.74) is 7.22. The average Bonchev–Trinajstić information content (AvgIpc) is 2.78. The summed E-state index contributed by atoms with van der Waals surface area (Å²) in [6.07, 6.45) is 8.02. The molecule has 1 aliphatic carbocycles. The van der Waals surface area contributed by atoms with E-state index < -0.39 is 11.2 Å². The quantitative estimate of drug-likeness (QED) is 0.564. The first-order valence-electron chi connectivity index (χ1n) is 10.9. The third-order valence-electron chi connectivity index (χ3n) is 5.48. The largest absolute Gasteiger partial charge is 0.383 e. The lowest BCUT2D eigenvalue weighted by Gasteiger charge is -2.26. The zero-order chi connectivity index (χ0) is 22.2. The molecule has 0 atom stereocenters. The number of urea groups is 1. The van der Waals surface area contributed by atoms with Crippen LogP contribution in [0.1, 0.15) is 51.0 Å². The summed E-state index contributed by atoms with van der Waals surface area (Å²) in [4.78, 5) is 41.9. The maximum absolute atomic E-state index is 12.9. The van der Waals surface area contributed by atoms with Crippen LogP contribution in [0.25, 0.3) is 0 Å². The van der Waals surface area contributed by atoms with Gasteiger partial charge in [-0.1, -0.05) is 48.9 Å². The van der Waals surface area contributed by atoms with Gasteiger partial charge in [0.1, 0.15) is 5.82 Å². The number of hydrogen-bond donors (Lipinski definition) is 3. The molecule has 3 rings (SSSR count). The van der Waals surface area contributed by atoms with Gasteiger partial charge in [-0.25, -0.2) is 9.59 Å². The van der Waals surface area contributed by atoms with E-state index in [1.165, 1.54) is 21.5 Å². The second-order valence-electron chi connectivity index (χ2n) is 7.81. The summed E-state index contributed by atoms with van der Waals surface area (Å²) in [5.74, 6) is -0.0122. The highest BCUT2D eigenvalue weighted by Gasteiger charge is 2.24.